The number of hydrogen-bond donors (Lipinski definition) is 2. The van der Waals surface area contributed by atoms with Gasteiger partial charge >= 0.3 is 0 Å². The summed E-state index contributed by atoms with van der Waals surface area (Å²) in [4.78, 5) is 9.51. The van der Waals surface area contributed by atoms with Gasteiger partial charge < -0.3 is 15.2 Å². The monoisotopic (exact) mass is 299 g/mol. The predicted molar refractivity (Wildman–Crippen MR) is 87.8 cm³/mol. The molecule has 5 heteroatoms. The van der Waals surface area contributed by atoms with Crippen molar-refractivity contribution in [2.24, 2.45) is 11.8 Å². The third-order valence-corrected chi connectivity index (χ3v) is 5.12. The molecule has 5 nitrogen and oxygen atoms in total. The van der Waals surface area contributed by atoms with Crippen LogP contribution in [0.5, 0.6) is 0 Å². The van der Waals surface area contributed by atoms with Gasteiger partial charge in [-0.25, -0.2) is 9.97 Å². The first-order valence-corrected chi connectivity index (χ1v) is 8.62. The Labute approximate surface area is 131 Å². The maximum Gasteiger partial charge on any atom is 0.159 e. The van der Waals surface area contributed by atoms with Gasteiger partial charge in [-0.05, 0) is 69.4 Å². The number of piperidine rings is 1. The number of imidazole rings is 1. The highest BCUT2D eigenvalue weighted by Crippen LogP contribution is 2.23. The highest BCUT2D eigenvalue weighted by molar-refractivity contribution is 5.71. The number of pyridine rings is 1. The summed E-state index contributed by atoms with van der Waals surface area (Å²) >= 11 is 0. The normalized spacial score (nSPS) is 23.4. The molecule has 1 unspecified atom stereocenters. The maximum atomic E-state index is 4.90. The number of aromatic nitrogens is 3. The molecule has 118 valence electrons. The van der Waals surface area contributed by atoms with E-state index >= 15 is 0 Å². The second-order valence-corrected chi connectivity index (χ2v) is 6.74. The third kappa shape index (κ3) is 2.88. The first-order valence-electron chi connectivity index (χ1n) is 8.62. The van der Waals surface area contributed by atoms with Gasteiger partial charge in [-0.1, -0.05) is 0 Å². The minimum Gasteiger partial charge on any atom is -0.317 e. The van der Waals surface area contributed by atoms with Crippen molar-refractivity contribution >= 4 is 11.2 Å². The van der Waals surface area contributed by atoms with Gasteiger partial charge in [-0.15, -0.1) is 0 Å². The molecule has 0 bridgehead atoms. The van der Waals surface area contributed by atoms with Crippen LogP contribution in [0.1, 0.15) is 25.1 Å². The molecule has 2 aliphatic rings. The van der Waals surface area contributed by atoms with E-state index in [2.05, 4.69) is 26.3 Å². The predicted octanol–water partition coefficient (Wildman–Crippen LogP) is 1.58. The lowest BCUT2D eigenvalue weighted by Gasteiger charge is -2.24. The largest absolute Gasteiger partial charge is 0.317 e. The fourth-order valence-corrected chi connectivity index (χ4v) is 3.82. The van der Waals surface area contributed by atoms with Gasteiger partial charge in [0.1, 0.15) is 11.3 Å². The smallest absolute Gasteiger partial charge is 0.159 e. The number of rotatable bonds is 4. The van der Waals surface area contributed by atoms with Crippen LogP contribution in [0, 0.1) is 11.8 Å². The SMILES string of the molecule is c1cnc2c(c1)nc(CC1CCNC1)n2CC1CCNCC1. The highest BCUT2D eigenvalue weighted by atomic mass is 15.1. The molecule has 2 fully saturated rings. The van der Waals surface area contributed by atoms with Gasteiger partial charge in [-0.2, -0.15) is 0 Å². The molecule has 4 rings (SSSR count). The van der Waals surface area contributed by atoms with Crippen molar-refractivity contribution in [3.63, 3.8) is 0 Å². The molecule has 0 radical (unpaired) electrons. The Balaban J connectivity index is 1.63. The zero-order chi connectivity index (χ0) is 14.8. The van der Waals surface area contributed by atoms with E-state index in [-0.39, 0.29) is 0 Å². The second kappa shape index (κ2) is 6.34. The van der Waals surface area contributed by atoms with E-state index in [1.807, 2.05) is 12.3 Å². The number of hydrogen-bond acceptors (Lipinski definition) is 4. The van der Waals surface area contributed by atoms with Gasteiger partial charge in [0.15, 0.2) is 5.65 Å². The molecule has 0 amide bonds. The molecule has 1 atom stereocenters. The summed E-state index contributed by atoms with van der Waals surface area (Å²) in [5.74, 6) is 2.71. The standard InChI is InChI=1S/C17H25N5/c1-2-15-17(20-6-1)22(12-13-3-7-18-8-4-13)16(21-15)10-14-5-9-19-11-14/h1-2,6,13-14,18-19H,3-5,7-12H2. The Hall–Kier alpha value is -1.46. The van der Waals surface area contributed by atoms with Gasteiger partial charge in [0, 0.05) is 19.2 Å². The summed E-state index contributed by atoms with van der Waals surface area (Å²) in [6.45, 7) is 5.64. The van der Waals surface area contributed by atoms with Crippen molar-refractivity contribution in [3.8, 4) is 0 Å². The van der Waals surface area contributed by atoms with Crippen LogP contribution in [0.4, 0.5) is 0 Å². The van der Waals surface area contributed by atoms with Crippen LogP contribution in [-0.2, 0) is 13.0 Å². The van der Waals surface area contributed by atoms with Crippen LogP contribution in [0.15, 0.2) is 18.3 Å². The molecule has 0 saturated carbocycles. The van der Waals surface area contributed by atoms with Crippen LogP contribution in [0.3, 0.4) is 0 Å². The summed E-state index contributed by atoms with van der Waals surface area (Å²) in [6, 6.07) is 4.09. The fourth-order valence-electron chi connectivity index (χ4n) is 3.82. The van der Waals surface area contributed by atoms with E-state index in [0.29, 0.717) is 0 Å². The van der Waals surface area contributed by atoms with Crippen LogP contribution < -0.4 is 10.6 Å². The number of nitrogens with zero attached hydrogens (tertiary/aromatic N) is 3. The minimum atomic E-state index is 0.726. The molecule has 0 aromatic carbocycles. The van der Waals surface area contributed by atoms with Crippen LogP contribution >= 0.6 is 0 Å². The Bertz CT molecular complexity index is 623. The van der Waals surface area contributed by atoms with E-state index in [1.54, 1.807) is 0 Å². The minimum absolute atomic E-state index is 0.726. The summed E-state index contributed by atoms with van der Waals surface area (Å²) in [5, 5.41) is 6.92. The summed E-state index contributed by atoms with van der Waals surface area (Å²) in [6.07, 6.45) is 6.76. The molecule has 2 aromatic heterocycles. The van der Waals surface area contributed by atoms with Crippen LogP contribution in [-0.4, -0.2) is 40.7 Å². The Morgan fingerprint density at radius 3 is 2.73 bits per heavy atom. The number of nitrogens with one attached hydrogen (secondary N) is 2. The molecule has 2 N–H and O–H groups in total. The molecule has 2 aromatic rings. The molecular formula is C17H25N5. The third-order valence-electron chi connectivity index (χ3n) is 5.12. The van der Waals surface area contributed by atoms with Crippen molar-refractivity contribution in [3.05, 3.63) is 24.2 Å². The highest BCUT2D eigenvalue weighted by Gasteiger charge is 2.22. The number of fused-ring (bicyclic) bond motifs is 1. The van der Waals surface area contributed by atoms with Gasteiger partial charge in [0.05, 0.1) is 0 Å². The van der Waals surface area contributed by atoms with Crippen LogP contribution in [0.25, 0.3) is 11.2 Å². The Kier molecular flexibility index (Phi) is 4.08. The zero-order valence-corrected chi connectivity index (χ0v) is 13.1. The van der Waals surface area contributed by atoms with Gasteiger partial charge in [0.25, 0.3) is 0 Å². The van der Waals surface area contributed by atoms with E-state index in [1.165, 1.54) is 25.1 Å². The molecule has 0 spiro atoms. The summed E-state index contributed by atoms with van der Waals surface area (Å²) < 4.78 is 2.41. The summed E-state index contributed by atoms with van der Waals surface area (Å²) in [7, 11) is 0. The fraction of sp³-hybridized carbons (Fsp3) is 0.647. The van der Waals surface area contributed by atoms with Crippen molar-refractivity contribution in [1.82, 2.24) is 25.2 Å². The van der Waals surface area contributed by atoms with Gasteiger partial charge in [0.2, 0.25) is 0 Å². The maximum absolute atomic E-state index is 4.90. The Morgan fingerprint density at radius 1 is 1.09 bits per heavy atom. The average molecular weight is 299 g/mol. The topological polar surface area (TPSA) is 54.8 Å². The van der Waals surface area contributed by atoms with E-state index in [0.717, 1.165) is 62.1 Å². The Morgan fingerprint density at radius 2 is 1.91 bits per heavy atom. The lowest BCUT2D eigenvalue weighted by molar-refractivity contribution is 0.330. The molecule has 2 saturated heterocycles. The van der Waals surface area contributed by atoms with Crippen LogP contribution in [0.2, 0.25) is 0 Å². The average Bonchev–Trinajstić information content (AvgIpc) is 3.18. The lowest BCUT2D eigenvalue weighted by atomic mass is 9.98. The molecule has 0 aliphatic carbocycles. The molecular weight excluding hydrogens is 274 g/mol. The van der Waals surface area contributed by atoms with Crippen molar-refractivity contribution in [2.75, 3.05) is 26.2 Å². The molecule has 4 heterocycles. The van der Waals surface area contributed by atoms with Crippen molar-refractivity contribution in [1.29, 1.82) is 0 Å². The van der Waals surface area contributed by atoms with Crippen molar-refractivity contribution < 1.29 is 0 Å². The van der Waals surface area contributed by atoms with E-state index < -0.39 is 0 Å². The van der Waals surface area contributed by atoms with E-state index in [4.69, 9.17) is 4.98 Å². The zero-order valence-electron chi connectivity index (χ0n) is 13.1. The summed E-state index contributed by atoms with van der Waals surface area (Å²) in [5.41, 5.74) is 2.12. The van der Waals surface area contributed by atoms with Crippen molar-refractivity contribution in [2.45, 2.75) is 32.2 Å². The molecule has 22 heavy (non-hydrogen) atoms. The molecule has 2 aliphatic heterocycles. The second-order valence-electron chi connectivity index (χ2n) is 6.74. The first-order chi connectivity index (χ1) is 10.9. The lowest BCUT2D eigenvalue weighted by Crippen LogP contribution is -2.30. The van der Waals surface area contributed by atoms with E-state index in [9.17, 15) is 0 Å². The first kappa shape index (κ1) is 14.2. The van der Waals surface area contributed by atoms with Gasteiger partial charge in [-0.3, -0.25) is 0 Å². The quantitative estimate of drug-likeness (QED) is 0.900.